The molecule has 1 N–H and O–H groups in total. The van der Waals surface area contributed by atoms with Crippen molar-refractivity contribution in [1.29, 1.82) is 0 Å². The van der Waals surface area contributed by atoms with Gasteiger partial charge >= 0.3 is 0 Å². The molecule has 92 valence electrons. The zero-order valence-electron chi connectivity index (χ0n) is 9.17. The summed E-state index contributed by atoms with van der Waals surface area (Å²) in [6.07, 6.45) is -1.02. The Bertz CT molecular complexity index is 451. The molecule has 0 spiro atoms. The lowest BCUT2D eigenvalue weighted by atomic mass is 9.84. The second kappa shape index (κ2) is 4.50. The van der Waals surface area contributed by atoms with Crippen molar-refractivity contribution in [2.24, 2.45) is 5.92 Å². The van der Waals surface area contributed by atoms with E-state index in [9.17, 15) is 15.2 Å². The second-order valence-corrected chi connectivity index (χ2v) is 4.61. The van der Waals surface area contributed by atoms with Gasteiger partial charge in [0.1, 0.15) is 5.75 Å². The van der Waals surface area contributed by atoms with E-state index in [0.29, 0.717) is 16.3 Å². The second-order valence-electron chi connectivity index (χ2n) is 4.17. The monoisotopic (exact) mass is 257 g/mol. The minimum absolute atomic E-state index is 0.241. The molecule has 0 aromatic heterocycles. The number of hydrogen-bond acceptors (Lipinski definition) is 4. The van der Waals surface area contributed by atoms with Gasteiger partial charge in [-0.1, -0.05) is 18.5 Å². The van der Waals surface area contributed by atoms with Crippen LogP contribution in [0.4, 0.5) is 0 Å². The number of benzene rings is 1. The SMILES string of the molecule is CC1C(O)Oc2ccc(Cl)cc2C1C[N+](=O)[O-]. The third kappa shape index (κ3) is 2.35. The van der Waals surface area contributed by atoms with Crippen LogP contribution >= 0.6 is 11.6 Å². The van der Waals surface area contributed by atoms with E-state index >= 15 is 0 Å². The van der Waals surface area contributed by atoms with Crippen molar-refractivity contribution in [2.75, 3.05) is 6.54 Å². The molecule has 0 radical (unpaired) electrons. The number of halogens is 1. The molecule has 1 heterocycles. The highest BCUT2D eigenvalue weighted by atomic mass is 35.5. The Kier molecular flexibility index (Phi) is 3.22. The van der Waals surface area contributed by atoms with Crippen molar-refractivity contribution >= 4 is 11.6 Å². The lowest BCUT2D eigenvalue weighted by Crippen LogP contribution is -2.36. The summed E-state index contributed by atoms with van der Waals surface area (Å²) in [4.78, 5) is 10.3. The zero-order valence-corrected chi connectivity index (χ0v) is 9.92. The quantitative estimate of drug-likeness (QED) is 0.650. The van der Waals surface area contributed by atoms with E-state index in [1.165, 1.54) is 0 Å². The standard InChI is InChI=1S/C11H12ClNO4/c1-6-9(5-13(15)16)8-4-7(12)2-3-10(8)17-11(6)14/h2-4,6,9,11,14H,5H2,1H3. The summed E-state index contributed by atoms with van der Waals surface area (Å²) in [5.41, 5.74) is 0.687. The van der Waals surface area contributed by atoms with Crippen LogP contribution in [0.15, 0.2) is 18.2 Å². The van der Waals surface area contributed by atoms with Gasteiger partial charge in [0.15, 0.2) is 0 Å². The molecule has 2 rings (SSSR count). The molecular weight excluding hydrogens is 246 g/mol. The van der Waals surface area contributed by atoms with Crippen molar-refractivity contribution in [3.63, 3.8) is 0 Å². The molecule has 0 bridgehead atoms. The maximum absolute atomic E-state index is 10.7. The van der Waals surface area contributed by atoms with Crippen molar-refractivity contribution < 1.29 is 14.8 Å². The van der Waals surface area contributed by atoms with Crippen LogP contribution in [0.2, 0.25) is 5.02 Å². The minimum Gasteiger partial charge on any atom is -0.465 e. The lowest BCUT2D eigenvalue weighted by Gasteiger charge is -2.33. The Labute approximate surface area is 103 Å². The average molecular weight is 258 g/mol. The van der Waals surface area contributed by atoms with Crippen LogP contribution < -0.4 is 4.74 Å². The van der Waals surface area contributed by atoms with Crippen molar-refractivity contribution in [3.05, 3.63) is 38.9 Å². The van der Waals surface area contributed by atoms with Crippen LogP contribution in [-0.4, -0.2) is 22.9 Å². The van der Waals surface area contributed by atoms with Gasteiger partial charge < -0.3 is 9.84 Å². The molecule has 0 aliphatic carbocycles. The summed E-state index contributed by atoms with van der Waals surface area (Å²) >= 11 is 5.87. The highest BCUT2D eigenvalue weighted by Gasteiger charge is 2.37. The molecule has 0 saturated carbocycles. The van der Waals surface area contributed by atoms with Gasteiger partial charge in [-0.15, -0.1) is 0 Å². The first-order valence-electron chi connectivity index (χ1n) is 5.25. The highest BCUT2D eigenvalue weighted by molar-refractivity contribution is 6.30. The molecule has 1 aromatic carbocycles. The molecule has 0 saturated heterocycles. The van der Waals surface area contributed by atoms with E-state index in [0.717, 1.165) is 0 Å². The van der Waals surface area contributed by atoms with Gasteiger partial charge in [-0.2, -0.15) is 0 Å². The lowest BCUT2D eigenvalue weighted by molar-refractivity contribution is -0.486. The average Bonchev–Trinajstić information content (AvgIpc) is 2.25. The minimum atomic E-state index is -1.02. The van der Waals surface area contributed by atoms with E-state index < -0.39 is 6.29 Å². The van der Waals surface area contributed by atoms with E-state index in [4.69, 9.17) is 16.3 Å². The Morgan fingerprint density at radius 1 is 1.59 bits per heavy atom. The van der Waals surface area contributed by atoms with Gasteiger partial charge in [-0.3, -0.25) is 10.1 Å². The summed E-state index contributed by atoms with van der Waals surface area (Å²) in [5.74, 6) is -0.263. The first kappa shape index (κ1) is 12.1. The van der Waals surface area contributed by atoms with Crippen molar-refractivity contribution in [1.82, 2.24) is 0 Å². The predicted molar refractivity (Wildman–Crippen MR) is 61.9 cm³/mol. The summed E-state index contributed by atoms with van der Waals surface area (Å²) in [7, 11) is 0. The zero-order chi connectivity index (χ0) is 12.6. The van der Waals surface area contributed by atoms with Crippen molar-refractivity contribution in [3.8, 4) is 5.75 Å². The van der Waals surface area contributed by atoms with Gasteiger partial charge in [0.2, 0.25) is 12.8 Å². The number of nitrogens with zero attached hydrogens (tertiary/aromatic N) is 1. The van der Waals surface area contributed by atoms with E-state index in [2.05, 4.69) is 0 Å². The molecule has 3 atom stereocenters. The van der Waals surface area contributed by atoms with Crippen LogP contribution in [0.3, 0.4) is 0 Å². The fourth-order valence-electron chi connectivity index (χ4n) is 2.06. The van der Waals surface area contributed by atoms with Gasteiger partial charge in [-0.05, 0) is 18.2 Å². The number of fused-ring (bicyclic) bond motifs is 1. The molecular formula is C11H12ClNO4. The first-order chi connectivity index (χ1) is 7.99. The van der Waals surface area contributed by atoms with Crippen LogP contribution in [0.25, 0.3) is 0 Å². The fraction of sp³-hybridized carbons (Fsp3) is 0.455. The molecule has 1 aromatic rings. The van der Waals surface area contributed by atoms with Gasteiger partial charge in [0, 0.05) is 21.4 Å². The molecule has 0 fully saturated rings. The molecule has 6 heteroatoms. The normalized spacial score (nSPS) is 27.1. The van der Waals surface area contributed by atoms with Gasteiger partial charge in [0.25, 0.3) is 0 Å². The van der Waals surface area contributed by atoms with E-state index in [-0.39, 0.29) is 23.3 Å². The third-order valence-electron chi connectivity index (χ3n) is 3.05. The highest BCUT2D eigenvalue weighted by Crippen LogP contribution is 2.40. The maximum Gasteiger partial charge on any atom is 0.211 e. The molecule has 17 heavy (non-hydrogen) atoms. The number of ether oxygens (including phenoxy) is 1. The Hall–Kier alpha value is -1.33. The summed E-state index contributed by atoms with van der Waals surface area (Å²) < 4.78 is 5.29. The van der Waals surface area contributed by atoms with Crippen LogP contribution in [0.5, 0.6) is 5.75 Å². The van der Waals surface area contributed by atoms with Gasteiger partial charge in [-0.25, -0.2) is 0 Å². The number of nitro groups is 1. The smallest absolute Gasteiger partial charge is 0.211 e. The molecule has 1 aliphatic heterocycles. The number of hydrogen-bond donors (Lipinski definition) is 1. The fourth-order valence-corrected chi connectivity index (χ4v) is 2.24. The molecule has 3 unspecified atom stereocenters. The van der Waals surface area contributed by atoms with Gasteiger partial charge in [0.05, 0.1) is 5.92 Å². The van der Waals surface area contributed by atoms with Crippen molar-refractivity contribution in [2.45, 2.75) is 19.1 Å². The first-order valence-corrected chi connectivity index (χ1v) is 5.63. The third-order valence-corrected chi connectivity index (χ3v) is 3.28. The summed E-state index contributed by atoms with van der Waals surface area (Å²) in [6.45, 7) is 1.48. The number of aliphatic hydroxyl groups excluding tert-OH is 1. The maximum atomic E-state index is 10.7. The number of aliphatic hydroxyl groups is 1. The Morgan fingerprint density at radius 3 is 2.94 bits per heavy atom. The predicted octanol–water partition coefficient (Wildman–Crippen LogP) is 2.05. The molecule has 5 nitrogen and oxygen atoms in total. The van der Waals surface area contributed by atoms with Crippen LogP contribution in [0, 0.1) is 16.0 Å². The molecule has 1 aliphatic rings. The topological polar surface area (TPSA) is 72.6 Å². The van der Waals surface area contributed by atoms with E-state index in [1.807, 2.05) is 0 Å². The summed E-state index contributed by atoms with van der Waals surface area (Å²) in [6, 6.07) is 4.92. The summed E-state index contributed by atoms with van der Waals surface area (Å²) in [5, 5.41) is 20.9. The number of rotatable bonds is 2. The Morgan fingerprint density at radius 2 is 2.29 bits per heavy atom. The van der Waals surface area contributed by atoms with Crippen LogP contribution in [-0.2, 0) is 0 Å². The Balaban J connectivity index is 2.42. The van der Waals surface area contributed by atoms with Crippen LogP contribution in [0.1, 0.15) is 18.4 Å². The largest absolute Gasteiger partial charge is 0.465 e. The molecule has 0 amide bonds. The van der Waals surface area contributed by atoms with E-state index in [1.54, 1.807) is 25.1 Å².